The Morgan fingerprint density at radius 2 is 1.64 bits per heavy atom. The number of fused-ring (bicyclic) bond motifs is 1. The van der Waals surface area contributed by atoms with Gasteiger partial charge in [0, 0.05) is 71.7 Å². The third-order valence-electron chi connectivity index (χ3n) is 8.87. The average Bonchev–Trinajstić information content (AvgIpc) is 3.17. The van der Waals surface area contributed by atoms with Crippen molar-refractivity contribution in [2.45, 2.75) is 19.5 Å². The summed E-state index contributed by atoms with van der Waals surface area (Å²) in [5, 5.41) is 20.9. The number of hydrogen-bond acceptors (Lipinski definition) is 7. The van der Waals surface area contributed by atoms with Gasteiger partial charge in [0.2, 0.25) is 5.69 Å². The van der Waals surface area contributed by atoms with E-state index in [1.165, 1.54) is 41.2 Å². The minimum Gasteiger partial charge on any atom is -0.480 e. The number of aromatic nitrogens is 4. The lowest BCUT2D eigenvalue weighted by molar-refractivity contribution is -0.595. The van der Waals surface area contributed by atoms with E-state index in [9.17, 15) is 24.0 Å². The molecular weight excluding hydrogens is 674 g/mol. The number of hydrogen-bond donors (Lipinski definition) is 2. The molecule has 13 nitrogen and oxygen atoms in total. The highest BCUT2D eigenvalue weighted by Crippen LogP contribution is 2.29. The van der Waals surface area contributed by atoms with Crippen LogP contribution >= 0.6 is 0 Å². The molecule has 5 heterocycles. The summed E-state index contributed by atoms with van der Waals surface area (Å²) in [5.41, 5.74) is 6.04. The van der Waals surface area contributed by atoms with Crippen LogP contribution < -0.4 is 25.9 Å². The lowest BCUT2D eigenvalue weighted by atomic mass is 9.94. The molecule has 2 amide bonds. The van der Waals surface area contributed by atoms with Crippen LogP contribution in [-0.4, -0.2) is 43.6 Å². The van der Waals surface area contributed by atoms with Crippen LogP contribution in [0.25, 0.3) is 27.9 Å². The molecule has 0 atom stereocenters. The lowest BCUT2D eigenvalue weighted by Crippen LogP contribution is -2.38. The number of amides is 2. The normalized spacial score (nSPS) is 12.1. The molecule has 0 saturated carbocycles. The Bertz CT molecular complexity index is 2600. The van der Waals surface area contributed by atoms with E-state index in [1.54, 1.807) is 41.6 Å². The third kappa shape index (κ3) is 7.24. The predicted octanol–water partition coefficient (Wildman–Crippen LogP) is 4.08. The number of rotatable bonds is 9. The van der Waals surface area contributed by atoms with Crippen LogP contribution in [0.2, 0.25) is 0 Å². The Hall–Kier alpha value is -7.46. The van der Waals surface area contributed by atoms with Crippen LogP contribution in [0, 0.1) is 11.3 Å². The Morgan fingerprint density at radius 1 is 0.849 bits per heavy atom. The fourth-order valence-corrected chi connectivity index (χ4v) is 6.24. The summed E-state index contributed by atoms with van der Waals surface area (Å²) in [5.74, 6) is -1.75. The van der Waals surface area contributed by atoms with E-state index in [0.29, 0.717) is 35.5 Å². The molecule has 260 valence electrons. The largest absolute Gasteiger partial charge is 0.480 e. The second-order valence-electron chi connectivity index (χ2n) is 12.3. The van der Waals surface area contributed by atoms with Gasteiger partial charge in [-0.1, -0.05) is 24.3 Å². The first-order chi connectivity index (χ1) is 25.7. The predicted molar refractivity (Wildman–Crippen MR) is 195 cm³/mol. The number of anilines is 2. The summed E-state index contributed by atoms with van der Waals surface area (Å²) in [7, 11) is 0. The summed E-state index contributed by atoms with van der Waals surface area (Å²) in [4.78, 5) is 68.0. The van der Waals surface area contributed by atoms with Crippen molar-refractivity contribution >= 4 is 29.2 Å². The molecule has 0 aliphatic carbocycles. The molecule has 0 spiro atoms. The molecule has 1 aliphatic heterocycles. The van der Waals surface area contributed by atoms with Crippen LogP contribution in [0.4, 0.5) is 11.4 Å². The molecule has 0 bridgehead atoms. The van der Waals surface area contributed by atoms with Crippen molar-refractivity contribution in [3.8, 4) is 34.0 Å². The highest BCUT2D eigenvalue weighted by Gasteiger charge is 2.26. The maximum atomic E-state index is 13.5. The molecule has 0 fully saturated rings. The van der Waals surface area contributed by atoms with Crippen LogP contribution in [0.15, 0.2) is 132 Å². The smallest absolute Gasteiger partial charge is 0.323 e. The van der Waals surface area contributed by atoms with Gasteiger partial charge in [-0.15, -0.1) is 0 Å². The molecule has 0 unspecified atom stereocenters. The SMILES string of the molecule is N#CCn1cc(NC(=O)c2cccc(-c3ccc[n+](-c4cncc(-c5ccc6c(c5)CCN(c5ccc(=O)n(CC(=O)O)c5)C6=O)c4)c3)c2)ccc1=O. The van der Waals surface area contributed by atoms with Crippen molar-refractivity contribution < 1.29 is 24.1 Å². The fraction of sp³-hybridized carbons (Fsp3) is 0.100. The van der Waals surface area contributed by atoms with E-state index >= 15 is 0 Å². The average molecular weight is 705 g/mol. The maximum Gasteiger partial charge on any atom is 0.323 e. The molecule has 53 heavy (non-hydrogen) atoms. The summed E-state index contributed by atoms with van der Waals surface area (Å²) < 4.78 is 4.22. The number of pyridine rings is 4. The van der Waals surface area contributed by atoms with E-state index in [4.69, 9.17) is 10.4 Å². The molecule has 1 aliphatic rings. The first kappa shape index (κ1) is 34.0. The van der Waals surface area contributed by atoms with Crippen LogP contribution in [0.5, 0.6) is 0 Å². The Balaban J connectivity index is 1.10. The first-order valence-electron chi connectivity index (χ1n) is 16.5. The van der Waals surface area contributed by atoms with Gasteiger partial charge in [-0.25, -0.2) is 0 Å². The molecule has 6 aromatic rings. The highest BCUT2D eigenvalue weighted by atomic mass is 16.4. The van der Waals surface area contributed by atoms with Gasteiger partial charge in [0.15, 0.2) is 12.4 Å². The molecular formula is C40H30N7O6+. The van der Waals surface area contributed by atoms with Gasteiger partial charge < -0.3 is 19.9 Å². The van der Waals surface area contributed by atoms with Crippen molar-refractivity contribution in [1.29, 1.82) is 5.26 Å². The molecule has 0 saturated heterocycles. The van der Waals surface area contributed by atoms with Crippen molar-refractivity contribution in [2.75, 3.05) is 16.8 Å². The van der Waals surface area contributed by atoms with Gasteiger partial charge in [-0.3, -0.25) is 33.5 Å². The zero-order valence-corrected chi connectivity index (χ0v) is 28.0. The lowest BCUT2D eigenvalue weighted by Gasteiger charge is -2.29. The first-order valence-corrected chi connectivity index (χ1v) is 16.5. The van der Waals surface area contributed by atoms with Crippen molar-refractivity contribution in [3.63, 3.8) is 0 Å². The summed E-state index contributed by atoms with van der Waals surface area (Å²) in [6.45, 7) is -0.260. The van der Waals surface area contributed by atoms with Crippen LogP contribution in [-0.2, 0) is 24.3 Å². The molecule has 2 N–H and O–H groups in total. The molecule has 2 aromatic carbocycles. The second kappa shape index (κ2) is 14.4. The number of carbonyl (C=O) groups excluding carboxylic acids is 2. The van der Waals surface area contributed by atoms with Crippen molar-refractivity contribution in [1.82, 2.24) is 14.1 Å². The Kier molecular flexibility index (Phi) is 9.25. The molecule has 4 aromatic heterocycles. The number of carboxylic acid groups (broad SMARTS) is 1. The summed E-state index contributed by atoms with van der Waals surface area (Å²) in [6, 6.07) is 26.1. The topological polar surface area (TPSA) is 171 Å². The number of nitriles is 1. The minimum absolute atomic E-state index is 0.126. The summed E-state index contributed by atoms with van der Waals surface area (Å²) in [6.07, 6.45) is 10.7. The fourth-order valence-electron chi connectivity index (χ4n) is 6.24. The van der Waals surface area contributed by atoms with E-state index < -0.39 is 18.1 Å². The summed E-state index contributed by atoms with van der Waals surface area (Å²) >= 11 is 0. The second-order valence-corrected chi connectivity index (χ2v) is 12.3. The molecule has 7 rings (SSSR count). The number of nitrogens with zero attached hydrogens (tertiary/aromatic N) is 6. The Labute approximate surface area is 301 Å². The zero-order valence-electron chi connectivity index (χ0n) is 28.0. The third-order valence-corrected chi connectivity index (χ3v) is 8.87. The van der Waals surface area contributed by atoms with E-state index in [2.05, 4.69) is 10.3 Å². The molecule has 13 heteroatoms. The van der Waals surface area contributed by atoms with Gasteiger partial charge in [0.05, 0.1) is 23.6 Å². The number of nitrogens with one attached hydrogen (secondary N) is 1. The quantitative estimate of drug-likeness (QED) is 0.212. The number of aliphatic carboxylic acids is 1. The maximum absolute atomic E-state index is 13.5. The number of benzene rings is 2. The minimum atomic E-state index is -1.15. The molecule has 0 radical (unpaired) electrons. The van der Waals surface area contributed by atoms with Gasteiger partial charge in [-0.2, -0.15) is 9.83 Å². The standard InChI is InChI=1S/C40H29N7O6/c41-13-16-45-23-32(7-10-36(45)48)43-39(52)29-4-1-3-26(18-29)30-5-2-14-44(22-30)34-19-31(20-42-21-34)27-6-9-35-28(17-27)12-15-47(40(35)53)33-8-11-37(49)46(24-33)25-38(50)51/h1-11,14,17-24H,12,15-16,25H2,(H-,43,50,51,52)/p+1. The van der Waals surface area contributed by atoms with E-state index in [-0.39, 0.29) is 23.9 Å². The number of carboxylic acids is 1. The van der Waals surface area contributed by atoms with Crippen molar-refractivity contribution in [3.05, 3.63) is 160 Å². The number of carbonyl (C=O) groups is 3. The van der Waals surface area contributed by atoms with E-state index in [1.807, 2.05) is 59.4 Å². The van der Waals surface area contributed by atoms with Gasteiger partial charge in [0.1, 0.15) is 13.1 Å². The van der Waals surface area contributed by atoms with Gasteiger partial charge in [0.25, 0.3) is 22.9 Å². The van der Waals surface area contributed by atoms with Crippen LogP contribution in [0.3, 0.4) is 0 Å². The van der Waals surface area contributed by atoms with Crippen molar-refractivity contribution in [2.24, 2.45) is 0 Å². The van der Waals surface area contributed by atoms with Gasteiger partial charge >= 0.3 is 5.97 Å². The monoisotopic (exact) mass is 704 g/mol. The highest BCUT2D eigenvalue weighted by molar-refractivity contribution is 6.08. The van der Waals surface area contributed by atoms with E-state index in [0.717, 1.165) is 38.1 Å². The van der Waals surface area contributed by atoms with Gasteiger partial charge in [-0.05, 0) is 59.5 Å². The Morgan fingerprint density at radius 3 is 2.47 bits per heavy atom. The van der Waals surface area contributed by atoms with Crippen LogP contribution in [0.1, 0.15) is 26.3 Å². The zero-order chi connectivity index (χ0) is 37.1.